The largest absolute Gasteiger partial charge is 0.478 e. The van der Waals surface area contributed by atoms with Crippen LogP contribution in [0.1, 0.15) is 24.5 Å². The van der Waals surface area contributed by atoms with E-state index in [9.17, 15) is 19.4 Å². The van der Waals surface area contributed by atoms with Gasteiger partial charge in [0.1, 0.15) is 11.9 Å². The summed E-state index contributed by atoms with van der Waals surface area (Å²) in [6.07, 6.45) is 1.58. The number of aromatic nitrogens is 1. The van der Waals surface area contributed by atoms with Gasteiger partial charge in [-0.15, -0.1) is 0 Å². The van der Waals surface area contributed by atoms with Crippen LogP contribution < -0.4 is 15.5 Å². The van der Waals surface area contributed by atoms with Crippen molar-refractivity contribution in [3.8, 4) is 0 Å². The van der Waals surface area contributed by atoms with E-state index >= 15 is 0 Å². The first-order valence-electron chi connectivity index (χ1n) is 8.56. The van der Waals surface area contributed by atoms with Crippen LogP contribution in [0.2, 0.25) is 0 Å². The van der Waals surface area contributed by atoms with Gasteiger partial charge in [0.05, 0.1) is 17.7 Å². The molecule has 0 bridgehead atoms. The molecule has 140 valence electrons. The molecule has 2 aliphatic heterocycles. The van der Waals surface area contributed by atoms with Crippen LogP contribution in [-0.4, -0.2) is 59.6 Å². The number of aliphatic carboxylic acids is 1. The van der Waals surface area contributed by atoms with Gasteiger partial charge in [-0.1, -0.05) is 0 Å². The van der Waals surface area contributed by atoms with Crippen LogP contribution in [0.5, 0.6) is 0 Å². The Morgan fingerprint density at radius 3 is 2.69 bits per heavy atom. The van der Waals surface area contributed by atoms with E-state index in [2.05, 4.69) is 4.98 Å². The Kier molecular flexibility index (Phi) is 4.09. The normalized spacial score (nSPS) is 28.2. The number of methoxy groups -OCH3 is 1. The lowest BCUT2D eigenvalue weighted by Gasteiger charge is -2.31. The quantitative estimate of drug-likeness (QED) is 0.702. The van der Waals surface area contributed by atoms with E-state index in [0.29, 0.717) is 18.9 Å². The monoisotopic (exact) mass is 364 g/mol. The van der Waals surface area contributed by atoms with E-state index < -0.39 is 17.9 Å². The Balaban J connectivity index is 1.75. The minimum Gasteiger partial charge on any atom is -0.478 e. The Morgan fingerprint density at radius 1 is 1.38 bits per heavy atom. The minimum absolute atomic E-state index is 0.119. The summed E-state index contributed by atoms with van der Waals surface area (Å²) in [5, 5.41) is 19.7. The fraction of sp³-hybridized carbons (Fsp3) is 0.529. The zero-order chi connectivity index (χ0) is 18.6. The molecule has 0 spiro atoms. The van der Waals surface area contributed by atoms with Crippen LogP contribution in [0.3, 0.4) is 0 Å². The number of carboxylic acids is 1. The molecule has 26 heavy (non-hydrogen) atoms. The maximum Gasteiger partial charge on any atom is 0.336 e. The fourth-order valence-electron chi connectivity index (χ4n) is 3.59. The molecule has 0 aromatic carbocycles. The van der Waals surface area contributed by atoms with Gasteiger partial charge in [-0.3, -0.25) is 0 Å². The van der Waals surface area contributed by atoms with Crippen molar-refractivity contribution in [1.29, 1.82) is 0 Å². The highest BCUT2D eigenvalue weighted by atomic mass is 19.1. The van der Waals surface area contributed by atoms with Crippen molar-refractivity contribution in [1.82, 2.24) is 4.98 Å². The third-order valence-corrected chi connectivity index (χ3v) is 5.18. The van der Waals surface area contributed by atoms with E-state index in [-0.39, 0.29) is 35.1 Å². The molecule has 1 aromatic heterocycles. The molecule has 1 aromatic rings. The Bertz CT molecular complexity index is 782. The number of carboxylic acid groups (broad SMARTS) is 1. The molecule has 0 radical (unpaired) electrons. The van der Waals surface area contributed by atoms with Gasteiger partial charge in [0, 0.05) is 38.0 Å². The van der Waals surface area contributed by atoms with Gasteiger partial charge >= 0.3 is 5.97 Å². The van der Waals surface area contributed by atoms with Gasteiger partial charge in [0.25, 0.3) is 0 Å². The van der Waals surface area contributed by atoms with E-state index in [4.69, 9.17) is 10.5 Å². The van der Waals surface area contributed by atoms with Crippen LogP contribution >= 0.6 is 0 Å². The summed E-state index contributed by atoms with van der Waals surface area (Å²) in [5.74, 6) is -1.31. The van der Waals surface area contributed by atoms with Crippen LogP contribution in [0.4, 0.5) is 16.0 Å². The number of anilines is 2. The van der Waals surface area contributed by atoms with Gasteiger partial charge in [-0.2, -0.15) is 0 Å². The molecule has 0 amide bonds. The molecular formula is C17H21FN4O4. The maximum absolute atomic E-state index is 14.8. The molecule has 9 heteroatoms. The average molecular weight is 364 g/mol. The highest BCUT2D eigenvalue weighted by Gasteiger charge is 2.40. The molecule has 2 fully saturated rings. The molecular weight excluding hydrogens is 343 g/mol. The van der Waals surface area contributed by atoms with Crippen LogP contribution in [0.15, 0.2) is 17.8 Å². The zero-order valence-electron chi connectivity index (χ0n) is 14.3. The van der Waals surface area contributed by atoms with E-state index in [1.54, 1.807) is 16.9 Å². The predicted molar refractivity (Wildman–Crippen MR) is 91.4 cm³/mol. The topological polar surface area (TPSA) is 112 Å². The molecule has 3 aliphatic rings. The summed E-state index contributed by atoms with van der Waals surface area (Å²) in [5.41, 5.74) is 6.01. The lowest BCUT2D eigenvalue weighted by molar-refractivity contribution is -0.133. The fourth-order valence-corrected chi connectivity index (χ4v) is 3.59. The molecule has 4 rings (SSSR count). The van der Waals surface area contributed by atoms with Gasteiger partial charge in [0.2, 0.25) is 0 Å². The van der Waals surface area contributed by atoms with Crippen molar-refractivity contribution in [2.75, 3.05) is 30.0 Å². The number of pyridine rings is 1. The Hall–Kier alpha value is -2.23. The number of ether oxygens (including phenoxy) is 1. The van der Waals surface area contributed by atoms with Crippen molar-refractivity contribution >= 4 is 17.6 Å². The molecule has 1 saturated carbocycles. The number of nitrogens with two attached hydrogens (primary N) is 1. The third-order valence-electron chi connectivity index (χ3n) is 5.18. The number of aliphatic hydroxyl groups is 1. The first kappa shape index (κ1) is 17.2. The molecule has 3 heterocycles. The molecule has 1 aliphatic carbocycles. The summed E-state index contributed by atoms with van der Waals surface area (Å²) in [7, 11) is 1.56. The number of aliphatic hydroxyl groups excluding tert-OH is 1. The minimum atomic E-state index is -1.42. The van der Waals surface area contributed by atoms with Crippen molar-refractivity contribution in [3.05, 3.63) is 29.2 Å². The summed E-state index contributed by atoms with van der Waals surface area (Å²) in [4.78, 5) is 19.3. The first-order valence-corrected chi connectivity index (χ1v) is 8.56. The maximum atomic E-state index is 14.8. The number of halogens is 1. The van der Waals surface area contributed by atoms with Gasteiger partial charge in [-0.25, -0.2) is 14.2 Å². The van der Waals surface area contributed by atoms with E-state index in [1.807, 2.05) is 0 Å². The first-order chi connectivity index (χ1) is 12.4. The molecule has 4 N–H and O–H groups in total. The van der Waals surface area contributed by atoms with E-state index in [1.165, 1.54) is 12.3 Å². The number of carbonyl (C=O) groups is 1. The second-order valence-electron chi connectivity index (χ2n) is 6.98. The lowest BCUT2D eigenvalue weighted by atomic mass is 9.98. The van der Waals surface area contributed by atoms with Crippen LogP contribution in [-0.2, 0) is 9.53 Å². The van der Waals surface area contributed by atoms with Gasteiger partial charge in [0.15, 0.2) is 11.6 Å². The van der Waals surface area contributed by atoms with Crippen molar-refractivity contribution < 1.29 is 24.1 Å². The van der Waals surface area contributed by atoms with Crippen molar-refractivity contribution in [2.24, 2.45) is 5.73 Å². The van der Waals surface area contributed by atoms with Gasteiger partial charge < -0.3 is 30.5 Å². The molecule has 3 atom stereocenters. The summed E-state index contributed by atoms with van der Waals surface area (Å²) in [6, 6.07) is 1.05. The highest BCUT2D eigenvalue weighted by molar-refractivity contribution is 5.90. The summed E-state index contributed by atoms with van der Waals surface area (Å²) in [6.45, 7) is 0.825. The Labute approximate surface area is 149 Å². The zero-order valence-corrected chi connectivity index (χ0v) is 14.3. The van der Waals surface area contributed by atoms with Crippen molar-refractivity contribution in [2.45, 2.75) is 37.1 Å². The molecule has 3 unspecified atom stereocenters. The number of nitrogens with zero attached hydrogens (tertiary/aromatic N) is 3. The predicted octanol–water partition coefficient (Wildman–Crippen LogP) is 0.367. The third kappa shape index (κ3) is 2.72. The van der Waals surface area contributed by atoms with E-state index in [0.717, 1.165) is 12.8 Å². The van der Waals surface area contributed by atoms with Crippen molar-refractivity contribution in [3.63, 3.8) is 0 Å². The van der Waals surface area contributed by atoms with Crippen LogP contribution in [0, 0.1) is 5.82 Å². The summed E-state index contributed by atoms with van der Waals surface area (Å²) < 4.78 is 20.1. The Morgan fingerprint density at radius 2 is 2.12 bits per heavy atom. The molecule has 1 saturated heterocycles. The SMILES string of the molecule is COC1CN(c2nc3c(cc2F)C(O)C(C(=O)O)=CN3C2CC2)CC1N. The molecule has 8 nitrogen and oxygen atoms in total. The van der Waals surface area contributed by atoms with Crippen LogP contribution in [0.25, 0.3) is 0 Å². The second kappa shape index (κ2) is 6.19. The number of hydrogen-bond acceptors (Lipinski definition) is 7. The number of rotatable bonds is 4. The second-order valence-corrected chi connectivity index (χ2v) is 6.98. The lowest BCUT2D eigenvalue weighted by Crippen LogP contribution is -2.34. The summed E-state index contributed by atoms with van der Waals surface area (Å²) >= 11 is 0. The number of fused-ring (bicyclic) bond motifs is 1. The van der Waals surface area contributed by atoms with Gasteiger partial charge in [-0.05, 0) is 18.9 Å². The number of hydrogen-bond donors (Lipinski definition) is 3. The smallest absolute Gasteiger partial charge is 0.336 e. The highest BCUT2D eigenvalue weighted by Crippen LogP contribution is 2.42. The average Bonchev–Trinajstić information content (AvgIpc) is 3.37. The standard InChI is InChI=1S/C17H21FN4O4/c1-26-13-7-21(6-12(13)19)16-11(18)4-9-14(23)10(17(24)25)5-22(8-2-3-8)15(9)20-16/h4-5,8,12-14,23H,2-3,6-7,19H2,1H3,(H,24,25).